The van der Waals surface area contributed by atoms with E-state index in [1.54, 1.807) is 0 Å². The van der Waals surface area contributed by atoms with E-state index in [4.69, 9.17) is 0 Å². The lowest BCUT2D eigenvalue weighted by Gasteiger charge is -1.99. The molecule has 2 rings (SSSR count). The molecule has 7 nitrogen and oxygen atoms in total. The molecule has 7 heteroatoms. The summed E-state index contributed by atoms with van der Waals surface area (Å²) in [5.74, 6) is -0.432. The van der Waals surface area contributed by atoms with Gasteiger partial charge in [-0.2, -0.15) is 0 Å². The number of likely N-dealkylation sites (N-methyl/N-ethyl adjacent to an activating group) is 1. The predicted molar refractivity (Wildman–Crippen MR) is 62.4 cm³/mol. The minimum Gasteiger partial charge on any atom is -0.303 e. The Balaban J connectivity index is 2.26. The Morgan fingerprint density at radius 1 is 1.28 bits per heavy atom. The molecule has 1 saturated heterocycles. The van der Waals surface area contributed by atoms with Gasteiger partial charge in [-0.15, -0.1) is 0 Å². The normalized spacial score (nSPS) is 17.2. The van der Waals surface area contributed by atoms with Crippen molar-refractivity contribution in [2.75, 3.05) is 7.05 Å². The van der Waals surface area contributed by atoms with Crippen LogP contribution in [-0.4, -0.2) is 28.8 Å². The largest absolute Gasteiger partial charge is 0.328 e. The van der Waals surface area contributed by atoms with Gasteiger partial charge in [-0.1, -0.05) is 0 Å². The van der Waals surface area contributed by atoms with E-state index in [0.29, 0.717) is 5.56 Å². The van der Waals surface area contributed by atoms with Crippen LogP contribution in [0.4, 0.5) is 10.5 Å². The van der Waals surface area contributed by atoms with Crippen molar-refractivity contribution in [2.24, 2.45) is 0 Å². The zero-order valence-corrected chi connectivity index (χ0v) is 9.41. The van der Waals surface area contributed by atoms with Crippen LogP contribution in [0.3, 0.4) is 0 Å². The number of hydrogen-bond donors (Lipinski definition) is 1. The molecule has 0 aliphatic carbocycles. The summed E-state index contributed by atoms with van der Waals surface area (Å²) >= 11 is 0. The number of nitrogens with one attached hydrogen (secondary N) is 1. The van der Waals surface area contributed by atoms with Crippen molar-refractivity contribution in [1.29, 1.82) is 0 Å². The SMILES string of the molecule is CN1C(=O)NC(=Cc2ccc([N+](=O)[O-])cc2)C1=O. The van der Waals surface area contributed by atoms with Crippen LogP contribution in [0, 0.1) is 10.1 Å². The van der Waals surface area contributed by atoms with E-state index in [-0.39, 0.29) is 11.4 Å². The van der Waals surface area contributed by atoms with Crippen LogP contribution >= 0.6 is 0 Å². The average Bonchev–Trinajstić information content (AvgIpc) is 2.58. The monoisotopic (exact) mass is 247 g/mol. The van der Waals surface area contributed by atoms with Gasteiger partial charge in [0.15, 0.2) is 0 Å². The summed E-state index contributed by atoms with van der Waals surface area (Å²) in [7, 11) is 1.37. The van der Waals surface area contributed by atoms with Gasteiger partial charge in [0.25, 0.3) is 11.6 Å². The lowest BCUT2D eigenvalue weighted by atomic mass is 10.2. The third-order valence-electron chi connectivity index (χ3n) is 2.50. The number of carbonyl (C=O) groups excluding carboxylic acids is 2. The molecule has 1 fully saturated rings. The summed E-state index contributed by atoms with van der Waals surface area (Å²) in [6, 6.07) is 5.17. The second-order valence-electron chi connectivity index (χ2n) is 3.70. The Morgan fingerprint density at radius 3 is 2.33 bits per heavy atom. The Hall–Kier alpha value is -2.70. The number of benzene rings is 1. The maximum atomic E-state index is 11.6. The zero-order valence-electron chi connectivity index (χ0n) is 9.41. The first-order valence-electron chi connectivity index (χ1n) is 5.04. The highest BCUT2D eigenvalue weighted by molar-refractivity contribution is 6.13. The molecular formula is C11H9N3O4. The van der Waals surface area contributed by atoms with Crippen molar-refractivity contribution >= 4 is 23.7 Å². The van der Waals surface area contributed by atoms with Crippen LogP contribution in [0.25, 0.3) is 6.08 Å². The first-order valence-corrected chi connectivity index (χ1v) is 5.04. The molecular weight excluding hydrogens is 238 g/mol. The van der Waals surface area contributed by atoms with Crippen LogP contribution in [0.1, 0.15) is 5.56 Å². The van der Waals surface area contributed by atoms with Gasteiger partial charge in [0.1, 0.15) is 5.70 Å². The number of non-ortho nitro benzene ring substituents is 1. The highest BCUT2D eigenvalue weighted by Gasteiger charge is 2.29. The van der Waals surface area contributed by atoms with Gasteiger partial charge in [0, 0.05) is 19.2 Å². The van der Waals surface area contributed by atoms with E-state index >= 15 is 0 Å². The van der Waals surface area contributed by atoms with E-state index in [1.807, 2.05) is 0 Å². The Morgan fingerprint density at radius 2 is 1.89 bits per heavy atom. The number of rotatable bonds is 2. The molecule has 1 aliphatic rings. The van der Waals surface area contributed by atoms with Crippen LogP contribution < -0.4 is 5.32 Å². The van der Waals surface area contributed by atoms with Crippen LogP contribution in [-0.2, 0) is 4.79 Å². The number of urea groups is 1. The molecule has 1 heterocycles. The molecule has 1 aromatic rings. The van der Waals surface area contributed by atoms with E-state index in [9.17, 15) is 19.7 Å². The molecule has 92 valence electrons. The Kier molecular flexibility index (Phi) is 2.80. The Labute approximate surface area is 102 Å². The van der Waals surface area contributed by atoms with E-state index in [2.05, 4.69) is 5.32 Å². The highest BCUT2D eigenvalue weighted by atomic mass is 16.6. The molecule has 1 aliphatic heterocycles. The van der Waals surface area contributed by atoms with Gasteiger partial charge in [0.2, 0.25) is 0 Å². The van der Waals surface area contributed by atoms with Crippen molar-refractivity contribution in [3.8, 4) is 0 Å². The molecule has 18 heavy (non-hydrogen) atoms. The number of nitro groups is 1. The average molecular weight is 247 g/mol. The molecule has 0 atom stereocenters. The van der Waals surface area contributed by atoms with Crippen molar-refractivity contribution in [2.45, 2.75) is 0 Å². The van der Waals surface area contributed by atoms with Gasteiger partial charge >= 0.3 is 6.03 Å². The third kappa shape index (κ3) is 2.05. The topological polar surface area (TPSA) is 92.6 Å². The summed E-state index contributed by atoms with van der Waals surface area (Å²) in [6.45, 7) is 0. The molecule has 1 aromatic carbocycles. The quantitative estimate of drug-likeness (QED) is 0.367. The first-order chi connectivity index (χ1) is 8.49. The summed E-state index contributed by atoms with van der Waals surface area (Å²) < 4.78 is 0. The van der Waals surface area contributed by atoms with E-state index < -0.39 is 16.9 Å². The standard InChI is InChI=1S/C11H9N3O4/c1-13-10(15)9(12-11(13)16)6-7-2-4-8(5-3-7)14(17)18/h2-6H,1H3,(H,12,16). The predicted octanol–water partition coefficient (Wildman–Crippen LogP) is 1.12. The maximum Gasteiger partial charge on any atom is 0.328 e. The van der Waals surface area contributed by atoms with E-state index in [0.717, 1.165) is 4.90 Å². The molecule has 0 bridgehead atoms. The maximum absolute atomic E-state index is 11.6. The summed E-state index contributed by atoms with van der Waals surface area (Å²) in [6.07, 6.45) is 1.47. The van der Waals surface area contributed by atoms with Gasteiger partial charge in [-0.05, 0) is 23.8 Å². The molecule has 0 saturated carbocycles. The molecule has 0 unspecified atom stereocenters. The lowest BCUT2D eigenvalue weighted by Crippen LogP contribution is -2.25. The number of nitrogens with zero attached hydrogens (tertiary/aromatic N) is 2. The lowest BCUT2D eigenvalue weighted by molar-refractivity contribution is -0.384. The number of nitro benzene ring substituents is 1. The second kappa shape index (κ2) is 4.28. The van der Waals surface area contributed by atoms with Crippen molar-refractivity contribution < 1.29 is 14.5 Å². The van der Waals surface area contributed by atoms with E-state index in [1.165, 1.54) is 37.4 Å². The number of amides is 3. The first kappa shape index (κ1) is 11.8. The minimum absolute atomic E-state index is 0.0314. The number of imide groups is 1. The summed E-state index contributed by atoms with van der Waals surface area (Å²) in [5, 5.41) is 12.9. The van der Waals surface area contributed by atoms with Crippen molar-refractivity contribution in [1.82, 2.24) is 10.2 Å². The van der Waals surface area contributed by atoms with Gasteiger partial charge in [-0.3, -0.25) is 19.8 Å². The van der Waals surface area contributed by atoms with Crippen molar-refractivity contribution in [3.05, 3.63) is 45.6 Å². The van der Waals surface area contributed by atoms with Crippen molar-refractivity contribution in [3.63, 3.8) is 0 Å². The number of hydrogen-bond acceptors (Lipinski definition) is 4. The Bertz CT molecular complexity index is 562. The fourth-order valence-corrected chi connectivity index (χ4v) is 1.48. The second-order valence-corrected chi connectivity index (χ2v) is 3.70. The fraction of sp³-hybridized carbons (Fsp3) is 0.0909. The summed E-state index contributed by atoms with van der Waals surface area (Å²) in [5.41, 5.74) is 0.715. The highest BCUT2D eigenvalue weighted by Crippen LogP contribution is 2.16. The molecule has 0 spiro atoms. The molecule has 0 radical (unpaired) electrons. The fourth-order valence-electron chi connectivity index (χ4n) is 1.48. The molecule has 1 N–H and O–H groups in total. The van der Waals surface area contributed by atoms with Crippen LogP contribution in [0.15, 0.2) is 30.0 Å². The van der Waals surface area contributed by atoms with Gasteiger partial charge in [-0.25, -0.2) is 4.79 Å². The number of carbonyl (C=O) groups is 2. The molecule has 0 aromatic heterocycles. The zero-order chi connectivity index (χ0) is 13.3. The third-order valence-corrected chi connectivity index (χ3v) is 2.50. The van der Waals surface area contributed by atoms with Crippen LogP contribution in [0.5, 0.6) is 0 Å². The molecule has 3 amide bonds. The van der Waals surface area contributed by atoms with Gasteiger partial charge < -0.3 is 5.32 Å². The summed E-state index contributed by atoms with van der Waals surface area (Å²) in [4.78, 5) is 33.7. The smallest absolute Gasteiger partial charge is 0.303 e. The minimum atomic E-state index is -0.507. The van der Waals surface area contributed by atoms with Gasteiger partial charge in [0.05, 0.1) is 4.92 Å². The van der Waals surface area contributed by atoms with Crippen LogP contribution in [0.2, 0.25) is 0 Å².